The number of carbonyl (C=O) groups is 1. The number of hydrogen-bond donors (Lipinski definition) is 3. The maximum atomic E-state index is 12.0. The highest BCUT2D eigenvalue weighted by atomic mass is 16.2. The first-order valence-corrected chi connectivity index (χ1v) is 7.63. The molecule has 1 unspecified atom stereocenters. The van der Waals surface area contributed by atoms with Gasteiger partial charge in [-0.15, -0.1) is 0 Å². The third-order valence-electron chi connectivity index (χ3n) is 3.95. The molecular weight excluding hydrogens is 278 g/mol. The minimum absolute atomic E-state index is 0.241. The Morgan fingerprint density at radius 2 is 2.14 bits per heavy atom. The Morgan fingerprint density at radius 1 is 1.32 bits per heavy atom. The van der Waals surface area contributed by atoms with E-state index in [0.717, 1.165) is 30.2 Å². The van der Waals surface area contributed by atoms with Crippen molar-refractivity contribution in [3.8, 4) is 0 Å². The molecule has 0 saturated heterocycles. The molecule has 0 spiro atoms. The minimum Gasteiger partial charge on any atom is -0.373 e. The summed E-state index contributed by atoms with van der Waals surface area (Å²) in [6, 6.07) is 9.20. The average Bonchev–Trinajstić information content (AvgIpc) is 2.97. The van der Waals surface area contributed by atoms with Gasteiger partial charge in [0.2, 0.25) is 0 Å². The molecule has 0 fully saturated rings. The number of fused-ring (bicyclic) bond motifs is 1. The Balaban J connectivity index is 1.75. The fourth-order valence-electron chi connectivity index (χ4n) is 2.82. The lowest BCUT2D eigenvalue weighted by atomic mass is 10.1. The quantitative estimate of drug-likeness (QED) is 0.440. The highest BCUT2D eigenvalue weighted by Gasteiger charge is 2.21. The van der Waals surface area contributed by atoms with Gasteiger partial charge in [-0.2, -0.15) is 0 Å². The smallest absolute Gasteiger partial charge is 0.256 e. The zero-order valence-electron chi connectivity index (χ0n) is 12.5. The summed E-state index contributed by atoms with van der Waals surface area (Å²) in [4.78, 5) is 16.7. The molecule has 2 heterocycles. The lowest BCUT2D eigenvalue weighted by Crippen LogP contribution is -2.44. The molecule has 1 amide bonds. The van der Waals surface area contributed by atoms with Crippen molar-refractivity contribution in [2.45, 2.75) is 38.3 Å². The fraction of sp³-hybridized carbons (Fsp3) is 0.375. The molecule has 4 N–H and O–H groups in total. The zero-order chi connectivity index (χ0) is 15.4. The van der Waals surface area contributed by atoms with Crippen LogP contribution in [-0.2, 0) is 24.2 Å². The molecule has 1 aromatic heterocycles. The molecular formula is C16H21N5O. The molecule has 22 heavy (non-hydrogen) atoms. The van der Waals surface area contributed by atoms with Gasteiger partial charge in [0.05, 0.1) is 5.69 Å². The van der Waals surface area contributed by atoms with Gasteiger partial charge in [0.15, 0.2) is 0 Å². The van der Waals surface area contributed by atoms with Gasteiger partial charge in [-0.3, -0.25) is 10.2 Å². The summed E-state index contributed by atoms with van der Waals surface area (Å²) in [5.41, 5.74) is 4.05. The number of aryl methyl sites for hydroxylation is 2. The van der Waals surface area contributed by atoms with Crippen LogP contribution in [0.3, 0.4) is 0 Å². The van der Waals surface area contributed by atoms with E-state index < -0.39 is 6.04 Å². The van der Waals surface area contributed by atoms with Gasteiger partial charge in [0.25, 0.3) is 5.91 Å². The molecule has 0 radical (unpaired) electrons. The van der Waals surface area contributed by atoms with Gasteiger partial charge in [-0.05, 0) is 25.0 Å². The predicted octanol–water partition coefficient (Wildman–Crippen LogP) is 1.23. The normalized spacial score (nSPS) is 15.0. The van der Waals surface area contributed by atoms with Crippen LogP contribution in [0.2, 0.25) is 0 Å². The number of hydrogen-bond acceptors (Lipinski definition) is 4. The maximum Gasteiger partial charge on any atom is 0.256 e. The molecule has 2 aromatic rings. The highest BCUT2D eigenvalue weighted by molar-refractivity contribution is 5.84. The van der Waals surface area contributed by atoms with Gasteiger partial charge >= 0.3 is 0 Å². The Bertz CT molecular complexity index is 614. The lowest BCUT2D eigenvalue weighted by Gasteiger charge is -2.17. The second-order valence-electron chi connectivity index (χ2n) is 5.57. The van der Waals surface area contributed by atoms with Crippen LogP contribution in [0.25, 0.3) is 0 Å². The number of carbonyl (C=O) groups excluding carboxylic acids is 1. The first kappa shape index (κ1) is 14.6. The van der Waals surface area contributed by atoms with Gasteiger partial charge in [0.1, 0.15) is 11.9 Å². The Kier molecular flexibility index (Phi) is 4.39. The maximum absolute atomic E-state index is 12.0. The van der Waals surface area contributed by atoms with Crippen molar-refractivity contribution in [3.05, 3.63) is 48.0 Å². The molecule has 116 valence electrons. The number of imidazole rings is 1. The molecule has 0 bridgehead atoms. The van der Waals surface area contributed by atoms with Crippen LogP contribution < -0.4 is 16.6 Å². The summed E-state index contributed by atoms with van der Waals surface area (Å²) >= 11 is 0. The summed E-state index contributed by atoms with van der Waals surface area (Å²) in [7, 11) is 0. The number of amides is 1. The molecule has 1 aliphatic rings. The van der Waals surface area contributed by atoms with Crippen LogP contribution >= 0.6 is 0 Å². The number of rotatable bonds is 5. The summed E-state index contributed by atoms with van der Waals surface area (Å²) in [6.45, 7) is 1.02. The van der Waals surface area contributed by atoms with E-state index in [1.54, 1.807) is 0 Å². The molecule has 0 saturated carbocycles. The highest BCUT2D eigenvalue weighted by Crippen LogP contribution is 2.16. The Hall–Kier alpha value is -2.34. The Labute approximate surface area is 129 Å². The fourth-order valence-corrected chi connectivity index (χ4v) is 2.82. The molecule has 3 rings (SSSR count). The molecule has 1 aromatic carbocycles. The number of nitrogens with two attached hydrogens (primary N) is 1. The zero-order valence-corrected chi connectivity index (χ0v) is 12.5. The number of nitrogens with zero attached hydrogens (tertiary/aromatic N) is 2. The second-order valence-corrected chi connectivity index (χ2v) is 5.57. The van der Waals surface area contributed by atoms with Gasteiger partial charge in [0, 0.05) is 31.3 Å². The number of hydrazine groups is 1. The van der Waals surface area contributed by atoms with Crippen LogP contribution in [0, 0.1) is 0 Å². The van der Waals surface area contributed by atoms with Crippen molar-refractivity contribution in [1.29, 1.82) is 0 Å². The van der Waals surface area contributed by atoms with Crippen molar-refractivity contribution in [2.75, 3.05) is 5.32 Å². The van der Waals surface area contributed by atoms with Crippen molar-refractivity contribution in [3.63, 3.8) is 0 Å². The van der Waals surface area contributed by atoms with Crippen LogP contribution in [-0.4, -0.2) is 21.5 Å². The van der Waals surface area contributed by atoms with Crippen molar-refractivity contribution >= 4 is 11.6 Å². The van der Waals surface area contributed by atoms with E-state index in [1.807, 2.05) is 30.3 Å². The number of aromatic nitrogens is 2. The minimum atomic E-state index is -0.440. The van der Waals surface area contributed by atoms with Gasteiger partial charge < -0.3 is 9.88 Å². The van der Waals surface area contributed by atoms with E-state index in [1.165, 1.54) is 12.8 Å². The summed E-state index contributed by atoms with van der Waals surface area (Å²) < 4.78 is 2.19. The van der Waals surface area contributed by atoms with Crippen LogP contribution in [0.1, 0.15) is 24.4 Å². The molecule has 1 aliphatic heterocycles. The average molecular weight is 299 g/mol. The van der Waals surface area contributed by atoms with Crippen LogP contribution in [0.5, 0.6) is 0 Å². The number of benzene rings is 1. The standard InChI is InChI=1S/C16H21N5O/c17-20-16(22)14(18-12-6-2-1-3-7-12)10-13-11-21-9-5-4-8-15(21)19-13/h1-3,6-7,11,14,18H,4-5,8-10,17H2,(H,20,22). The molecule has 6 heteroatoms. The van der Waals surface area contributed by atoms with Gasteiger partial charge in [-0.1, -0.05) is 18.2 Å². The second kappa shape index (κ2) is 6.62. The van der Waals surface area contributed by atoms with E-state index in [9.17, 15) is 4.79 Å². The third kappa shape index (κ3) is 3.28. The van der Waals surface area contributed by atoms with E-state index >= 15 is 0 Å². The van der Waals surface area contributed by atoms with Crippen molar-refractivity contribution in [1.82, 2.24) is 15.0 Å². The predicted molar refractivity (Wildman–Crippen MR) is 85.1 cm³/mol. The summed E-state index contributed by atoms with van der Waals surface area (Å²) in [5, 5.41) is 3.22. The lowest BCUT2D eigenvalue weighted by molar-refractivity contribution is -0.121. The van der Waals surface area contributed by atoms with Crippen LogP contribution in [0.15, 0.2) is 36.5 Å². The van der Waals surface area contributed by atoms with Gasteiger partial charge in [-0.25, -0.2) is 10.8 Å². The van der Waals surface area contributed by atoms with Crippen LogP contribution in [0.4, 0.5) is 5.69 Å². The van der Waals surface area contributed by atoms with Crippen molar-refractivity contribution in [2.24, 2.45) is 5.84 Å². The largest absolute Gasteiger partial charge is 0.373 e. The summed E-state index contributed by atoms with van der Waals surface area (Å²) in [5.74, 6) is 6.19. The number of para-hydroxylation sites is 1. The monoisotopic (exact) mass is 299 g/mol. The SMILES string of the molecule is NNC(=O)C(Cc1cn2c(n1)CCCC2)Nc1ccccc1. The molecule has 6 nitrogen and oxygen atoms in total. The topological polar surface area (TPSA) is 85.0 Å². The molecule has 1 atom stereocenters. The Morgan fingerprint density at radius 3 is 2.86 bits per heavy atom. The van der Waals surface area contributed by atoms with E-state index in [2.05, 4.69) is 26.5 Å². The first-order valence-electron chi connectivity index (χ1n) is 7.63. The first-order chi connectivity index (χ1) is 10.8. The van der Waals surface area contributed by atoms with E-state index in [-0.39, 0.29) is 5.91 Å². The molecule has 0 aliphatic carbocycles. The van der Waals surface area contributed by atoms with E-state index in [4.69, 9.17) is 5.84 Å². The number of nitrogens with one attached hydrogen (secondary N) is 2. The number of anilines is 1. The summed E-state index contributed by atoms with van der Waals surface area (Å²) in [6.07, 6.45) is 5.96. The van der Waals surface area contributed by atoms with Crippen molar-refractivity contribution < 1.29 is 4.79 Å². The third-order valence-corrected chi connectivity index (χ3v) is 3.95. The van der Waals surface area contributed by atoms with E-state index in [0.29, 0.717) is 6.42 Å².